The van der Waals surface area contributed by atoms with E-state index in [1.165, 1.54) is 25.3 Å². The molecule has 0 saturated heterocycles. The summed E-state index contributed by atoms with van der Waals surface area (Å²) in [4.78, 5) is 12.9. The molecule has 0 aromatic heterocycles. The van der Waals surface area contributed by atoms with Gasteiger partial charge in [-0.1, -0.05) is 31.5 Å². The Kier molecular flexibility index (Phi) is 7.55. The lowest BCUT2D eigenvalue weighted by molar-refractivity contribution is 0.102. The van der Waals surface area contributed by atoms with Gasteiger partial charge in [-0.2, -0.15) is 0 Å². The Morgan fingerprint density at radius 2 is 1.77 bits per heavy atom. The SMILES string of the molecule is CCc1ccc(Cl)c(CC)c1NC(=O)c1ccc(OC)c(S(=O)(=O)NC(C)(C)C)c1. The van der Waals surface area contributed by atoms with Gasteiger partial charge in [-0.25, -0.2) is 13.1 Å². The van der Waals surface area contributed by atoms with Gasteiger partial charge in [0.05, 0.1) is 7.11 Å². The predicted molar refractivity (Wildman–Crippen MR) is 121 cm³/mol. The van der Waals surface area contributed by atoms with E-state index < -0.39 is 21.5 Å². The lowest BCUT2D eigenvalue weighted by Crippen LogP contribution is -2.40. The minimum atomic E-state index is -3.90. The molecule has 0 atom stereocenters. The first kappa shape index (κ1) is 24.2. The Hall–Kier alpha value is -2.09. The van der Waals surface area contributed by atoms with E-state index in [0.717, 1.165) is 17.5 Å². The molecule has 2 aromatic carbocycles. The van der Waals surface area contributed by atoms with Crippen LogP contribution in [0.15, 0.2) is 35.2 Å². The van der Waals surface area contributed by atoms with Crippen LogP contribution in [0.2, 0.25) is 5.02 Å². The summed E-state index contributed by atoms with van der Waals surface area (Å²) in [6.07, 6.45) is 1.37. The van der Waals surface area contributed by atoms with Crippen LogP contribution in [0.3, 0.4) is 0 Å². The van der Waals surface area contributed by atoms with Gasteiger partial charge in [-0.3, -0.25) is 4.79 Å². The first-order chi connectivity index (χ1) is 13.9. The van der Waals surface area contributed by atoms with Crippen LogP contribution in [0, 0.1) is 0 Å². The second-order valence-corrected chi connectivity index (χ2v) is 10.0. The highest BCUT2D eigenvalue weighted by atomic mass is 35.5. The number of rotatable bonds is 7. The average Bonchev–Trinajstić information content (AvgIpc) is 2.66. The third-order valence-corrected chi connectivity index (χ3v) is 6.60. The molecule has 0 saturated carbocycles. The Morgan fingerprint density at radius 3 is 2.30 bits per heavy atom. The van der Waals surface area contributed by atoms with Gasteiger partial charge in [-0.05, 0) is 69.0 Å². The summed E-state index contributed by atoms with van der Waals surface area (Å²) in [6.45, 7) is 9.18. The van der Waals surface area contributed by atoms with E-state index in [1.54, 1.807) is 20.8 Å². The zero-order valence-electron chi connectivity index (χ0n) is 18.2. The summed E-state index contributed by atoms with van der Waals surface area (Å²) in [6, 6.07) is 8.04. The predicted octanol–water partition coefficient (Wildman–Crippen LogP) is 4.80. The van der Waals surface area contributed by atoms with Crippen LogP contribution in [-0.4, -0.2) is 27.0 Å². The van der Waals surface area contributed by atoms with Crippen LogP contribution in [0.25, 0.3) is 0 Å². The summed E-state index contributed by atoms with van der Waals surface area (Å²) >= 11 is 6.32. The standard InChI is InChI=1S/C22H29ClN2O4S/c1-7-14-9-11-17(23)16(8-2)20(14)24-21(26)15-10-12-18(29-6)19(13-15)30(27,28)25-22(3,4)5/h9-13,25H,7-8H2,1-6H3,(H,24,26). The molecule has 1 amide bonds. The van der Waals surface area contributed by atoms with Crippen molar-refractivity contribution in [1.29, 1.82) is 0 Å². The summed E-state index contributed by atoms with van der Waals surface area (Å²) in [5.41, 5.74) is 2.00. The lowest BCUT2D eigenvalue weighted by atomic mass is 10.0. The van der Waals surface area contributed by atoms with E-state index in [1.807, 2.05) is 26.0 Å². The Bertz CT molecular complexity index is 1040. The van der Waals surface area contributed by atoms with E-state index in [4.69, 9.17) is 16.3 Å². The molecule has 0 aliphatic heterocycles. The van der Waals surface area contributed by atoms with Crippen LogP contribution in [0.1, 0.15) is 56.1 Å². The molecule has 0 fully saturated rings. The molecule has 8 heteroatoms. The molecule has 2 N–H and O–H groups in total. The van der Waals surface area contributed by atoms with Crippen molar-refractivity contribution in [2.75, 3.05) is 12.4 Å². The summed E-state index contributed by atoms with van der Waals surface area (Å²) in [5, 5.41) is 3.50. The number of carbonyl (C=O) groups excluding carboxylic acids is 1. The van der Waals surface area contributed by atoms with E-state index in [9.17, 15) is 13.2 Å². The van der Waals surface area contributed by atoms with Gasteiger partial charge in [0, 0.05) is 21.8 Å². The molecule has 0 aliphatic rings. The largest absolute Gasteiger partial charge is 0.495 e. The zero-order chi connectivity index (χ0) is 22.7. The van der Waals surface area contributed by atoms with Crippen molar-refractivity contribution in [3.05, 3.63) is 52.0 Å². The van der Waals surface area contributed by atoms with Crippen molar-refractivity contribution < 1.29 is 17.9 Å². The van der Waals surface area contributed by atoms with Crippen molar-refractivity contribution in [3.8, 4) is 5.75 Å². The summed E-state index contributed by atoms with van der Waals surface area (Å²) in [5.74, 6) is -0.258. The number of sulfonamides is 1. The number of benzene rings is 2. The van der Waals surface area contributed by atoms with Crippen LogP contribution in [0.4, 0.5) is 5.69 Å². The van der Waals surface area contributed by atoms with Crippen LogP contribution in [-0.2, 0) is 22.9 Å². The van der Waals surface area contributed by atoms with Crippen molar-refractivity contribution >= 4 is 33.2 Å². The highest BCUT2D eigenvalue weighted by molar-refractivity contribution is 7.89. The van der Waals surface area contributed by atoms with Gasteiger partial charge in [0.2, 0.25) is 10.0 Å². The molecule has 164 valence electrons. The van der Waals surface area contributed by atoms with E-state index >= 15 is 0 Å². The number of carbonyl (C=O) groups is 1. The van der Waals surface area contributed by atoms with Crippen molar-refractivity contribution in [2.45, 2.75) is 57.9 Å². The minimum absolute atomic E-state index is 0.0925. The maximum Gasteiger partial charge on any atom is 0.255 e. The maximum atomic E-state index is 13.0. The van der Waals surface area contributed by atoms with Gasteiger partial charge < -0.3 is 10.1 Å². The number of hydrogen-bond acceptors (Lipinski definition) is 4. The van der Waals surface area contributed by atoms with E-state index in [2.05, 4.69) is 10.0 Å². The number of halogens is 1. The third kappa shape index (κ3) is 5.53. The Morgan fingerprint density at radius 1 is 1.10 bits per heavy atom. The maximum absolute atomic E-state index is 13.0. The first-order valence-electron chi connectivity index (χ1n) is 9.77. The molecule has 2 rings (SSSR count). The normalized spacial score (nSPS) is 12.0. The summed E-state index contributed by atoms with van der Waals surface area (Å²) in [7, 11) is -2.51. The van der Waals surface area contributed by atoms with Gasteiger partial charge in [0.1, 0.15) is 10.6 Å². The number of methoxy groups -OCH3 is 1. The molecule has 0 heterocycles. The molecular weight excluding hydrogens is 424 g/mol. The number of anilines is 1. The highest BCUT2D eigenvalue weighted by Crippen LogP contribution is 2.31. The Balaban J connectivity index is 2.50. The number of hydrogen-bond donors (Lipinski definition) is 2. The number of amides is 1. The zero-order valence-corrected chi connectivity index (χ0v) is 19.8. The molecular formula is C22H29ClN2O4S. The van der Waals surface area contributed by atoms with E-state index in [-0.39, 0.29) is 16.2 Å². The topological polar surface area (TPSA) is 84.5 Å². The molecule has 0 aliphatic carbocycles. The van der Waals surface area contributed by atoms with Crippen LogP contribution >= 0.6 is 11.6 Å². The number of aryl methyl sites for hydroxylation is 1. The van der Waals surface area contributed by atoms with Gasteiger partial charge in [0.25, 0.3) is 5.91 Å². The molecule has 2 aromatic rings. The van der Waals surface area contributed by atoms with Crippen molar-refractivity contribution in [1.82, 2.24) is 4.72 Å². The van der Waals surface area contributed by atoms with Gasteiger partial charge >= 0.3 is 0 Å². The average molecular weight is 453 g/mol. The first-order valence-corrected chi connectivity index (χ1v) is 11.6. The molecule has 6 nitrogen and oxygen atoms in total. The fourth-order valence-electron chi connectivity index (χ4n) is 3.14. The van der Waals surface area contributed by atoms with Crippen molar-refractivity contribution in [3.63, 3.8) is 0 Å². The molecule has 0 radical (unpaired) electrons. The smallest absolute Gasteiger partial charge is 0.255 e. The quantitative estimate of drug-likeness (QED) is 0.631. The molecule has 0 bridgehead atoms. The molecule has 30 heavy (non-hydrogen) atoms. The third-order valence-electron chi connectivity index (χ3n) is 4.47. The number of ether oxygens (including phenoxy) is 1. The van der Waals surface area contributed by atoms with Gasteiger partial charge in [0.15, 0.2) is 0 Å². The minimum Gasteiger partial charge on any atom is -0.495 e. The molecule has 0 unspecified atom stereocenters. The fourth-order valence-corrected chi connectivity index (χ4v) is 5.04. The fraction of sp³-hybridized carbons (Fsp3) is 0.409. The second kappa shape index (κ2) is 9.37. The van der Waals surface area contributed by atoms with Gasteiger partial charge in [-0.15, -0.1) is 0 Å². The van der Waals surface area contributed by atoms with Crippen LogP contribution in [0.5, 0.6) is 5.75 Å². The summed E-state index contributed by atoms with van der Waals surface area (Å²) < 4.78 is 33.5. The van der Waals surface area contributed by atoms with Crippen molar-refractivity contribution in [2.24, 2.45) is 0 Å². The second-order valence-electron chi connectivity index (χ2n) is 7.94. The molecule has 0 spiro atoms. The highest BCUT2D eigenvalue weighted by Gasteiger charge is 2.26. The van der Waals surface area contributed by atoms with E-state index in [0.29, 0.717) is 17.1 Å². The monoisotopic (exact) mass is 452 g/mol. The lowest BCUT2D eigenvalue weighted by Gasteiger charge is -2.21. The Labute approximate surface area is 184 Å². The number of nitrogens with one attached hydrogen (secondary N) is 2. The van der Waals surface area contributed by atoms with Crippen LogP contribution < -0.4 is 14.8 Å².